The van der Waals surface area contributed by atoms with Crippen molar-refractivity contribution in [3.05, 3.63) is 123 Å². The number of aromatic nitrogens is 7. The van der Waals surface area contributed by atoms with E-state index in [4.69, 9.17) is 28.2 Å². The third-order valence-electron chi connectivity index (χ3n) is 6.88. The van der Waals surface area contributed by atoms with Gasteiger partial charge >= 0.3 is 0 Å². The van der Waals surface area contributed by atoms with Crippen LogP contribution in [0.1, 0.15) is 29.4 Å². The fraction of sp³-hybridized carbons (Fsp3) is 0.133. The lowest BCUT2D eigenvalue weighted by Gasteiger charge is -2.17. The molecule has 0 bridgehead atoms. The summed E-state index contributed by atoms with van der Waals surface area (Å²) in [5.74, 6) is 0.369. The SMILES string of the molecule is O=C(CCc1cc(Cl)ccc1-n1cnnn1)N[C@@H](Cc1ccccc1)c1nc(-c2ccc3[nH]c(=O)ccc3c2)c(Cl)[nH]1. The molecule has 0 saturated heterocycles. The van der Waals surface area contributed by atoms with Gasteiger partial charge in [0.1, 0.15) is 23.0 Å². The minimum absolute atomic E-state index is 0.165. The number of hydrogen-bond acceptors (Lipinski definition) is 6. The maximum Gasteiger partial charge on any atom is 0.248 e. The number of carbonyl (C=O) groups is 1. The van der Waals surface area contributed by atoms with Crippen molar-refractivity contribution in [3.8, 4) is 16.9 Å². The first-order valence-electron chi connectivity index (χ1n) is 13.2. The van der Waals surface area contributed by atoms with E-state index in [1.165, 1.54) is 12.4 Å². The van der Waals surface area contributed by atoms with Gasteiger partial charge in [-0.25, -0.2) is 9.67 Å². The van der Waals surface area contributed by atoms with Crippen molar-refractivity contribution >= 4 is 40.0 Å². The average Bonchev–Trinajstić information content (AvgIpc) is 3.66. The summed E-state index contributed by atoms with van der Waals surface area (Å²) in [7, 11) is 0. The molecule has 0 aliphatic rings. The summed E-state index contributed by atoms with van der Waals surface area (Å²) in [5.41, 5.74) is 4.50. The third-order valence-corrected chi connectivity index (χ3v) is 7.39. The number of nitrogens with one attached hydrogen (secondary N) is 3. The molecule has 0 saturated carbocycles. The molecule has 0 fully saturated rings. The van der Waals surface area contributed by atoms with Crippen molar-refractivity contribution in [2.24, 2.45) is 0 Å². The van der Waals surface area contributed by atoms with Crippen LogP contribution in [-0.4, -0.2) is 41.1 Å². The van der Waals surface area contributed by atoms with E-state index in [1.807, 2.05) is 60.7 Å². The van der Waals surface area contributed by atoms with E-state index < -0.39 is 6.04 Å². The summed E-state index contributed by atoms with van der Waals surface area (Å²) in [6.45, 7) is 0. The van der Waals surface area contributed by atoms with Crippen LogP contribution < -0.4 is 10.9 Å². The average molecular weight is 599 g/mol. The highest BCUT2D eigenvalue weighted by Gasteiger charge is 2.22. The van der Waals surface area contributed by atoms with E-state index in [0.29, 0.717) is 34.5 Å². The predicted molar refractivity (Wildman–Crippen MR) is 161 cm³/mol. The van der Waals surface area contributed by atoms with Crippen LogP contribution in [-0.2, 0) is 17.6 Å². The van der Waals surface area contributed by atoms with E-state index in [1.54, 1.807) is 16.8 Å². The van der Waals surface area contributed by atoms with Gasteiger partial charge in [-0.05, 0) is 76.2 Å². The second-order valence-electron chi connectivity index (χ2n) is 9.75. The van der Waals surface area contributed by atoms with Gasteiger partial charge in [-0.15, -0.1) is 5.10 Å². The van der Waals surface area contributed by atoms with Crippen molar-refractivity contribution in [1.82, 2.24) is 40.5 Å². The molecule has 210 valence electrons. The van der Waals surface area contributed by atoms with Gasteiger partial charge < -0.3 is 15.3 Å². The molecule has 42 heavy (non-hydrogen) atoms. The number of amides is 1. The zero-order valence-electron chi connectivity index (χ0n) is 22.1. The highest BCUT2D eigenvalue weighted by atomic mass is 35.5. The topological polar surface area (TPSA) is 134 Å². The van der Waals surface area contributed by atoms with E-state index in [9.17, 15) is 9.59 Å². The summed E-state index contributed by atoms with van der Waals surface area (Å²) >= 11 is 12.9. The smallest absolute Gasteiger partial charge is 0.248 e. The molecular formula is C30H24Cl2N8O2. The number of carbonyl (C=O) groups excluding carboxylic acids is 1. The van der Waals surface area contributed by atoms with Crippen molar-refractivity contribution < 1.29 is 4.79 Å². The molecule has 0 spiro atoms. The first-order chi connectivity index (χ1) is 20.4. The molecule has 0 aliphatic heterocycles. The second kappa shape index (κ2) is 12.0. The third kappa shape index (κ3) is 6.09. The van der Waals surface area contributed by atoms with Crippen molar-refractivity contribution in [2.45, 2.75) is 25.3 Å². The van der Waals surface area contributed by atoms with Gasteiger partial charge in [0.25, 0.3) is 0 Å². The van der Waals surface area contributed by atoms with Crippen LogP contribution in [0.25, 0.3) is 27.8 Å². The predicted octanol–water partition coefficient (Wildman–Crippen LogP) is 5.23. The number of halogens is 2. The lowest BCUT2D eigenvalue weighted by Crippen LogP contribution is -2.31. The monoisotopic (exact) mass is 598 g/mol. The fourth-order valence-corrected chi connectivity index (χ4v) is 5.30. The lowest BCUT2D eigenvalue weighted by molar-refractivity contribution is -0.121. The van der Waals surface area contributed by atoms with Gasteiger partial charge in [0, 0.05) is 28.6 Å². The van der Waals surface area contributed by atoms with Crippen LogP contribution in [0.2, 0.25) is 10.2 Å². The Morgan fingerprint density at radius 3 is 2.64 bits per heavy atom. The Labute approximate surface area is 249 Å². The van der Waals surface area contributed by atoms with Crippen LogP contribution in [0, 0.1) is 0 Å². The Morgan fingerprint density at radius 2 is 1.83 bits per heavy atom. The second-order valence-corrected chi connectivity index (χ2v) is 10.6. The molecule has 6 aromatic rings. The molecule has 1 atom stereocenters. The molecular weight excluding hydrogens is 575 g/mol. The Bertz CT molecular complexity index is 1920. The first-order valence-corrected chi connectivity index (χ1v) is 13.9. The number of pyridine rings is 1. The zero-order chi connectivity index (χ0) is 29.1. The van der Waals surface area contributed by atoms with Gasteiger partial charge in [-0.1, -0.05) is 59.6 Å². The Kier molecular flexibility index (Phi) is 7.81. The molecule has 3 heterocycles. The summed E-state index contributed by atoms with van der Waals surface area (Å²) in [6.07, 6.45) is 2.62. The summed E-state index contributed by atoms with van der Waals surface area (Å²) in [5, 5.41) is 16.3. The lowest BCUT2D eigenvalue weighted by atomic mass is 10.0. The highest BCUT2D eigenvalue weighted by molar-refractivity contribution is 6.32. The number of nitrogens with zero attached hydrogens (tertiary/aromatic N) is 5. The van der Waals surface area contributed by atoms with Crippen molar-refractivity contribution in [1.29, 1.82) is 0 Å². The van der Waals surface area contributed by atoms with Gasteiger partial charge in [0.05, 0.1) is 11.7 Å². The van der Waals surface area contributed by atoms with E-state index in [-0.39, 0.29) is 17.9 Å². The minimum Gasteiger partial charge on any atom is -0.346 e. The molecule has 10 nitrogen and oxygen atoms in total. The van der Waals surface area contributed by atoms with Gasteiger partial charge in [-0.2, -0.15) is 0 Å². The molecule has 3 N–H and O–H groups in total. The van der Waals surface area contributed by atoms with Crippen LogP contribution >= 0.6 is 23.2 Å². The fourth-order valence-electron chi connectivity index (χ4n) is 4.86. The van der Waals surface area contributed by atoms with Gasteiger partial charge in [0.15, 0.2) is 0 Å². The van der Waals surface area contributed by atoms with Crippen LogP contribution in [0.15, 0.2) is 90.0 Å². The first kappa shape index (κ1) is 27.4. The number of rotatable bonds is 9. The van der Waals surface area contributed by atoms with Crippen molar-refractivity contribution in [3.63, 3.8) is 0 Å². The number of aromatic amines is 2. The maximum atomic E-state index is 13.3. The van der Waals surface area contributed by atoms with Crippen LogP contribution in [0.3, 0.4) is 0 Å². The van der Waals surface area contributed by atoms with E-state index in [0.717, 1.165) is 33.3 Å². The zero-order valence-corrected chi connectivity index (χ0v) is 23.6. The maximum absolute atomic E-state index is 13.3. The number of imidazole rings is 1. The molecule has 0 aliphatic carbocycles. The largest absolute Gasteiger partial charge is 0.346 e. The number of H-pyrrole nitrogens is 2. The standard InChI is InChI=1S/C30H24Cl2N8O2/c31-22-9-11-25(40-17-33-38-39-40)20(16-22)8-13-27(42)35-24(14-18-4-2-1-3-5-18)30-36-28(29(32)37-30)21-6-10-23-19(15-21)7-12-26(41)34-23/h1-7,9-12,15-17,24H,8,13-14H2,(H,34,41)(H,35,42)(H,36,37)/t24-/m0/s1. The Hall–Kier alpha value is -4.80. The molecule has 0 unspecified atom stereocenters. The van der Waals surface area contributed by atoms with E-state index >= 15 is 0 Å². The molecule has 12 heteroatoms. The summed E-state index contributed by atoms with van der Waals surface area (Å²) in [4.78, 5) is 35.8. The number of benzene rings is 3. The molecule has 1 amide bonds. The van der Waals surface area contributed by atoms with Gasteiger partial charge in [-0.3, -0.25) is 9.59 Å². The normalized spacial score (nSPS) is 12.0. The van der Waals surface area contributed by atoms with Crippen LogP contribution in [0.5, 0.6) is 0 Å². The van der Waals surface area contributed by atoms with Crippen LogP contribution in [0.4, 0.5) is 0 Å². The molecule has 3 aromatic heterocycles. The number of hydrogen-bond donors (Lipinski definition) is 3. The molecule has 6 rings (SSSR count). The summed E-state index contributed by atoms with van der Waals surface area (Å²) < 4.78 is 1.54. The van der Waals surface area contributed by atoms with E-state index in [2.05, 4.69) is 30.8 Å². The molecule has 3 aromatic carbocycles. The number of fused-ring (bicyclic) bond motifs is 1. The quantitative estimate of drug-likeness (QED) is 0.208. The Morgan fingerprint density at radius 1 is 0.976 bits per heavy atom. The van der Waals surface area contributed by atoms with Gasteiger partial charge in [0.2, 0.25) is 11.5 Å². The highest BCUT2D eigenvalue weighted by Crippen LogP contribution is 2.30. The number of tetrazole rings is 1. The minimum atomic E-state index is -0.471. The Balaban J connectivity index is 1.25. The summed E-state index contributed by atoms with van der Waals surface area (Å²) in [6, 6.07) is 23.6. The number of aryl methyl sites for hydroxylation is 1. The molecule has 0 radical (unpaired) electrons. The van der Waals surface area contributed by atoms with Crippen molar-refractivity contribution in [2.75, 3.05) is 0 Å².